The summed E-state index contributed by atoms with van der Waals surface area (Å²) in [5, 5.41) is 24.2. The van der Waals surface area contributed by atoms with Crippen LogP contribution >= 0.6 is 11.6 Å². The van der Waals surface area contributed by atoms with Gasteiger partial charge in [-0.15, -0.1) is 0 Å². The van der Waals surface area contributed by atoms with Crippen LogP contribution in [0.5, 0.6) is 5.75 Å². The van der Waals surface area contributed by atoms with E-state index in [0.29, 0.717) is 42.2 Å². The lowest BCUT2D eigenvalue weighted by Crippen LogP contribution is -2.46. The fourth-order valence-electron chi connectivity index (χ4n) is 4.26. The van der Waals surface area contributed by atoms with Crippen molar-refractivity contribution in [3.05, 3.63) is 94.0 Å². The average Bonchev–Trinajstić information content (AvgIpc) is 2.84. The molecule has 0 spiro atoms. The van der Waals surface area contributed by atoms with Gasteiger partial charge in [0.15, 0.2) is 0 Å². The number of hydrogen-bond acceptors (Lipinski definition) is 4. The maximum Gasteiger partial charge on any atom is 0.339 e. The first kappa shape index (κ1) is 24.6. The number of nitrogens with one attached hydrogen (secondary N) is 1. The minimum absolute atomic E-state index is 0.0213. The van der Waals surface area contributed by atoms with Crippen molar-refractivity contribution >= 4 is 29.3 Å². The van der Waals surface area contributed by atoms with Gasteiger partial charge in [0, 0.05) is 23.8 Å². The lowest BCUT2D eigenvalue weighted by molar-refractivity contribution is -0.0157. The topological polar surface area (TPSA) is 99.1 Å². The first-order valence-electron chi connectivity index (χ1n) is 11.3. The number of carboxylic acid groups (broad SMARTS) is 1. The van der Waals surface area contributed by atoms with Crippen LogP contribution < -0.4 is 10.1 Å². The molecule has 1 fully saturated rings. The highest BCUT2D eigenvalue weighted by atomic mass is 35.5. The number of nitrogens with zero attached hydrogens (tertiary/aromatic N) is 1. The molecule has 1 saturated heterocycles. The van der Waals surface area contributed by atoms with Crippen LogP contribution in [0.3, 0.4) is 0 Å². The van der Waals surface area contributed by atoms with E-state index in [2.05, 4.69) is 5.32 Å². The maximum atomic E-state index is 12.9. The Morgan fingerprint density at radius 2 is 1.71 bits per heavy atom. The van der Waals surface area contributed by atoms with Crippen molar-refractivity contribution < 1.29 is 24.5 Å². The zero-order valence-electron chi connectivity index (χ0n) is 19.3. The second kappa shape index (κ2) is 10.4. The van der Waals surface area contributed by atoms with E-state index in [4.69, 9.17) is 16.3 Å². The lowest BCUT2D eigenvalue weighted by atomic mass is 9.84. The number of rotatable bonds is 6. The summed E-state index contributed by atoms with van der Waals surface area (Å²) in [4.78, 5) is 26.4. The fraction of sp³-hybridized carbons (Fsp3) is 0.259. The number of aryl methyl sites for hydroxylation is 1. The molecule has 0 aromatic heterocycles. The molecular formula is C27H27ClN2O5. The summed E-state index contributed by atoms with van der Waals surface area (Å²) in [6.45, 7) is 2.69. The minimum atomic E-state index is -1.14. The van der Waals surface area contributed by atoms with Gasteiger partial charge < -0.3 is 25.2 Å². The summed E-state index contributed by atoms with van der Waals surface area (Å²) in [5.74, 6) is -0.872. The van der Waals surface area contributed by atoms with Gasteiger partial charge in [0.1, 0.15) is 17.9 Å². The molecule has 0 saturated carbocycles. The summed E-state index contributed by atoms with van der Waals surface area (Å²) in [7, 11) is 0. The second-order valence-corrected chi connectivity index (χ2v) is 9.14. The Labute approximate surface area is 208 Å². The Balaban J connectivity index is 1.42. The average molecular weight is 495 g/mol. The molecule has 3 aromatic carbocycles. The smallest absolute Gasteiger partial charge is 0.339 e. The summed E-state index contributed by atoms with van der Waals surface area (Å²) in [6, 6.07) is 19.3. The fourth-order valence-corrected chi connectivity index (χ4v) is 4.38. The van der Waals surface area contributed by atoms with Crippen molar-refractivity contribution in [2.24, 2.45) is 0 Å². The van der Waals surface area contributed by atoms with Crippen LogP contribution in [-0.4, -0.2) is 40.2 Å². The first-order valence-corrected chi connectivity index (χ1v) is 11.7. The van der Waals surface area contributed by atoms with E-state index in [9.17, 15) is 19.8 Å². The van der Waals surface area contributed by atoms with Gasteiger partial charge in [-0.1, -0.05) is 54.1 Å². The number of carbonyl (C=O) groups is 2. The van der Waals surface area contributed by atoms with Gasteiger partial charge in [-0.3, -0.25) is 0 Å². The summed E-state index contributed by atoms with van der Waals surface area (Å²) < 4.78 is 5.82. The Kier molecular flexibility index (Phi) is 7.28. The van der Waals surface area contributed by atoms with Gasteiger partial charge in [-0.05, 0) is 60.7 Å². The number of aromatic carboxylic acids is 1. The first-order chi connectivity index (χ1) is 16.7. The molecule has 1 aliphatic heterocycles. The van der Waals surface area contributed by atoms with E-state index in [1.165, 1.54) is 6.07 Å². The number of piperidine rings is 1. The van der Waals surface area contributed by atoms with Crippen molar-refractivity contribution in [2.75, 3.05) is 18.4 Å². The zero-order valence-corrected chi connectivity index (χ0v) is 20.1. The molecule has 0 unspecified atom stereocenters. The van der Waals surface area contributed by atoms with E-state index in [1.807, 2.05) is 30.3 Å². The standard InChI is InChI=1S/C27H27ClN2O5/c1-18-15-22(16-23(25(31)32)24(18)35-17-19-5-3-2-4-6-19)29-26(33)30-13-11-27(34,12-14-30)20-7-9-21(28)10-8-20/h2-10,15-16,34H,11-14,17H2,1H3,(H,29,33)(H,31,32). The third kappa shape index (κ3) is 5.75. The molecule has 1 heterocycles. The van der Waals surface area contributed by atoms with E-state index >= 15 is 0 Å². The van der Waals surface area contributed by atoms with Gasteiger partial charge in [0.2, 0.25) is 0 Å². The molecule has 0 radical (unpaired) electrons. The van der Waals surface area contributed by atoms with Gasteiger partial charge in [-0.2, -0.15) is 0 Å². The highest BCUT2D eigenvalue weighted by Gasteiger charge is 2.35. The van der Waals surface area contributed by atoms with Crippen molar-refractivity contribution in [3.63, 3.8) is 0 Å². The Morgan fingerprint density at radius 3 is 2.34 bits per heavy atom. The predicted octanol–water partition coefficient (Wildman–Crippen LogP) is 5.44. The largest absolute Gasteiger partial charge is 0.488 e. The molecule has 7 nitrogen and oxygen atoms in total. The number of anilines is 1. The Bertz CT molecular complexity index is 1210. The number of carboxylic acids is 1. The van der Waals surface area contributed by atoms with E-state index in [0.717, 1.165) is 11.1 Å². The molecule has 0 aliphatic carbocycles. The molecule has 4 rings (SSSR count). The molecule has 182 valence electrons. The van der Waals surface area contributed by atoms with Gasteiger partial charge in [-0.25, -0.2) is 9.59 Å². The quantitative estimate of drug-likeness (QED) is 0.423. The summed E-state index contributed by atoms with van der Waals surface area (Å²) in [6.07, 6.45) is 0.765. The van der Waals surface area contributed by atoms with Crippen molar-refractivity contribution in [2.45, 2.75) is 32.0 Å². The molecule has 1 aliphatic rings. The molecule has 3 N–H and O–H groups in total. The van der Waals surface area contributed by atoms with Crippen LogP contribution in [0.1, 0.15) is 39.9 Å². The third-order valence-corrected chi connectivity index (χ3v) is 6.49. The minimum Gasteiger partial charge on any atom is -0.488 e. The molecule has 35 heavy (non-hydrogen) atoms. The third-order valence-electron chi connectivity index (χ3n) is 6.24. The number of ether oxygens (including phenoxy) is 1. The Hall–Kier alpha value is -3.55. The van der Waals surface area contributed by atoms with Crippen molar-refractivity contribution in [1.82, 2.24) is 4.90 Å². The molecular weight excluding hydrogens is 468 g/mol. The number of carbonyl (C=O) groups excluding carboxylic acids is 1. The van der Waals surface area contributed by atoms with Crippen molar-refractivity contribution in [3.8, 4) is 5.75 Å². The number of likely N-dealkylation sites (tertiary alicyclic amines) is 1. The summed E-state index contributed by atoms with van der Waals surface area (Å²) >= 11 is 5.95. The highest BCUT2D eigenvalue weighted by Crippen LogP contribution is 2.34. The van der Waals surface area contributed by atoms with Gasteiger partial charge in [0.25, 0.3) is 0 Å². The second-order valence-electron chi connectivity index (χ2n) is 8.70. The lowest BCUT2D eigenvalue weighted by Gasteiger charge is -2.38. The molecule has 8 heteroatoms. The number of urea groups is 1. The van der Waals surface area contributed by atoms with Crippen LogP contribution in [0, 0.1) is 6.92 Å². The maximum absolute atomic E-state index is 12.9. The number of amides is 2. The predicted molar refractivity (Wildman–Crippen MR) is 134 cm³/mol. The number of benzene rings is 3. The molecule has 2 amide bonds. The molecule has 0 atom stereocenters. The molecule has 0 bridgehead atoms. The van der Waals surface area contributed by atoms with Crippen molar-refractivity contribution in [1.29, 1.82) is 0 Å². The molecule has 3 aromatic rings. The van der Waals surface area contributed by atoms with Crippen LogP contribution in [0.25, 0.3) is 0 Å². The van der Waals surface area contributed by atoms with Crippen LogP contribution in [0.2, 0.25) is 5.02 Å². The highest BCUT2D eigenvalue weighted by molar-refractivity contribution is 6.30. The monoisotopic (exact) mass is 494 g/mol. The van der Waals surface area contributed by atoms with Gasteiger partial charge >= 0.3 is 12.0 Å². The van der Waals surface area contributed by atoms with E-state index in [-0.39, 0.29) is 24.0 Å². The number of aliphatic hydroxyl groups is 1. The number of halogens is 1. The van der Waals surface area contributed by atoms with Crippen LogP contribution in [0.15, 0.2) is 66.7 Å². The SMILES string of the molecule is Cc1cc(NC(=O)N2CCC(O)(c3ccc(Cl)cc3)CC2)cc(C(=O)O)c1OCc1ccccc1. The van der Waals surface area contributed by atoms with E-state index in [1.54, 1.807) is 42.2 Å². The summed E-state index contributed by atoms with van der Waals surface area (Å²) in [5.41, 5.74) is 1.63. The van der Waals surface area contributed by atoms with Crippen LogP contribution in [-0.2, 0) is 12.2 Å². The number of hydrogen-bond donors (Lipinski definition) is 3. The Morgan fingerprint density at radius 1 is 1.06 bits per heavy atom. The van der Waals surface area contributed by atoms with Gasteiger partial charge in [0.05, 0.1) is 5.60 Å². The normalized spacial score (nSPS) is 14.9. The van der Waals surface area contributed by atoms with E-state index < -0.39 is 11.6 Å². The van der Waals surface area contributed by atoms with Crippen LogP contribution in [0.4, 0.5) is 10.5 Å². The zero-order chi connectivity index (χ0) is 25.0.